The van der Waals surface area contributed by atoms with Crippen LogP contribution in [0.3, 0.4) is 0 Å². The lowest BCUT2D eigenvalue weighted by atomic mass is 10.0. The number of benzene rings is 2. The molecule has 0 fully saturated rings. The van der Waals surface area contributed by atoms with E-state index in [1.165, 1.54) is 29.0 Å². The molecule has 6 heteroatoms. The smallest absolute Gasteiger partial charge is 0.258 e. The highest BCUT2D eigenvalue weighted by Gasteiger charge is 2.07. The fourth-order valence-electron chi connectivity index (χ4n) is 2.37. The zero-order valence-electron chi connectivity index (χ0n) is 14.0. The van der Waals surface area contributed by atoms with Crippen molar-refractivity contribution in [2.45, 2.75) is 24.6 Å². The van der Waals surface area contributed by atoms with E-state index in [2.05, 4.69) is 36.2 Å². The molecule has 3 rings (SSSR count). The summed E-state index contributed by atoms with van der Waals surface area (Å²) in [5.41, 5.74) is 5.35. The van der Waals surface area contributed by atoms with Crippen molar-refractivity contribution >= 4 is 17.4 Å². The number of hydrogen-bond donors (Lipinski definition) is 0. The van der Waals surface area contributed by atoms with Gasteiger partial charge in [0, 0.05) is 23.4 Å². The van der Waals surface area contributed by atoms with Crippen LogP contribution in [0.5, 0.6) is 0 Å². The third-order valence-electron chi connectivity index (χ3n) is 3.95. The summed E-state index contributed by atoms with van der Waals surface area (Å²) in [6.07, 6.45) is 0. The average Bonchev–Trinajstić information content (AvgIpc) is 2.63. The van der Waals surface area contributed by atoms with E-state index in [0.29, 0.717) is 5.75 Å². The van der Waals surface area contributed by atoms with E-state index in [-0.39, 0.29) is 10.6 Å². The zero-order valence-corrected chi connectivity index (χ0v) is 14.8. The largest absolute Gasteiger partial charge is 0.269 e. The van der Waals surface area contributed by atoms with E-state index >= 15 is 0 Å². The molecule has 0 aliphatic heterocycles. The van der Waals surface area contributed by atoms with E-state index in [1.807, 2.05) is 24.3 Å². The SMILES string of the molecule is Cc1ccc(-c2ccc(SCc3cccc([N+](=O)[O-])c3)nn2)cc1C. The molecule has 0 radical (unpaired) electrons. The second-order valence-electron chi connectivity index (χ2n) is 5.77. The predicted octanol–water partition coefficient (Wildman–Crippen LogP) is 4.96. The highest BCUT2D eigenvalue weighted by Crippen LogP contribution is 2.25. The molecule has 0 N–H and O–H groups in total. The van der Waals surface area contributed by atoms with Gasteiger partial charge in [0.25, 0.3) is 5.69 Å². The van der Waals surface area contributed by atoms with Crippen LogP contribution in [-0.2, 0) is 5.75 Å². The fourth-order valence-corrected chi connectivity index (χ4v) is 3.13. The number of aromatic nitrogens is 2. The molecule has 0 saturated heterocycles. The molecule has 0 amide bonds. The summed E-state index contributed by atoms with van der Waals surface area (Å²) in [4.78, 5) is 10.4. The van der Waals surface area contributed by atoms with Crippen molar-refractivity contribution < 1.29 is 4.92 Å². The molecule has 1 heterocycles. The second kappa shape index (κ2) is 7.44. The van der Waals surface area contributed by atoms with Crippen molar-refractivity contribution in [2.24, 2.45) is 0 Å². The Labute approximate surface area is 150 Å². The van der Waals surface area contributed by atoms with Crippen molar-refractivity contribution in [1.29, 1.82) is 0 Å². The van der Waals surface area contributed by atoms with Crippen molar-refractivity contribution in [3.05, 3.63) is 81.4 Å². The number of rotatable bonds is 5. The molecule has 0 bridgehead atoms. The molecule has 5 nitrogen and oxygen atoms in total. The Morgan fingerprint density at radius 3 is 2.52 bits per heavy atom. The van der Waals surface area contributed by atoms with Crippen molar-refractivity contribution in [3.63, 3.8) is 0 Å². The van der Waals surface area contributed by atoms with Gasteiger partial charge < -0.3 is 0 Å². The van der Waals surface area contributed by atoms with Crippen LogP contribution in [0.25, 0.3) is 11.3 Å². The highest BCUT2D eigenvalue weighted by atomic mass is 32.2. The maximum Gasteiger partial charge on any atom is 0.269 e. The minimum Gasteiger partial charge on any atom is -0.258 e. The van der Waals surface area contributed by atoms with Crippen LogP contribution in [-0.4, -0.2) is 15.1 Å². The molecule has 0 atom stereocenters. The quantitative estimate of drug-likeness (QED) is 0.369. The first-order valence-corrected chi connectivity index (χ1v) is 8.79. The van der Waals surface area contributed by atoms with Crippen molar-refractivity contribution in [3.8, 4) is 11.3 Å². The molecule has 0 saturated carbocycles. The van der Waals surface area contributed by atoms with E-state index in [4.69, 9.17) is 0 Å². The molecule has 126 valence electrons. The lowest BCUT2D eigenvalue weighted by molar-refractivity contribution is -0.384. The van der Waals surface area contributed by atoms with Gasteiger partial charge >= 0.3 is 0 Å². The Morgan fingerprint density at radius 2 is 1.84 bits per heavy atom. The minimum atomic E-state index is -0.383. The summed E-state index contributed by atoms with van der Waals surface area (Å²) in [7, 11) is 0. The normalized spacial score (nSPS) is 10.6. The van der Waals surface area contributed by atoms with Crippen molar-refractivity contribution in [2.75, 3.05) is 0 Å². The molecule has 3 aromatic rings. The predicted molar refractivity (Wildman–Crippen MR) is 99.6 cm³/mol. The molecular formula is C19H17N3O2S. The molecule has 2 aromatic carbocycles. The summed E-state index contributed by atoms with van der Waals surface area (Å²) in [6, 6.07) is 16.8. The number of nitro groups is 1. The lowest BCUT2D eigenvalue weighted by Gasteiger charge is -2.05. The fraction of sp³-hybridized carbons (Fsp3) is 0.158. The third-order valence-corrected chi connectivity index (χ3v) is 4.94. The number of hydrogen-bond acceptors (Lipinski definition) is 5. The highest BCUT2D eigenvalue weighted by molar-refractivity contribution is 7.98. The summed E-state index contributed by atoms with van der Waals surface area (Å²) < 4.78 is 0. The zero-order chi connectivity index (χ0) is 17.8. The maximum absolute atomic E-state index is 10.8. The molecule has 25 heavy (non-hydrogen) atoms. The van der Waals surface area contributed by atoms with E-state index in [1.54, 1.807) is 12.1 Å². The lowest BCUT2D eigenvalue weighted by Crippen LogP contribution is -1.92. The Kier molecular flexibility index (Phi) is 5.09. The summed E-state index contributed by atoms with van der Waals surface area (Å²) in [5, 5.41) is 20.2. The number of nitro benzene ring substituents is 1. The van der Waals surface area contributed by atoms with Gasteiger partial charge in [0.15, 0.2) is 0 Å². The van der Waals surface area contributed by atoms with Gasteiger partial charge in [0.1, 0.15) is 5.03 Å². The number of non-ortho nitro benzene ring substituents is 1. The Morgan fingerprint density at radius 1 is 1.00 bits per heavy atom. The van der Waals surface area contributed by atoms with Crippen LogP contribution in [0.15, 0.2) is 59.6 Å². The molecule has 0 unspecified atom stereocenters. The number of nitrogens with zero attached hydrogens (tertiary/aromatic N) is 3. The first-order chi connectivity index (χ1) is 12.0. The van der Waals surface area contributed by atoms with Gasteiger partial charge in [-0.05, 0) is 48.7 Å². The van der Waals surface area contributed by atoms with Gasteiger partial charge in [-0.2, -0.15) is 0 Å². The van der Waals surface area contributed by atoms with Crippen LogP contribution in [0, 0.1) is 24.0 Å². The van der Waals surface area contributed by atoms with E-state index in [9.17, 15) is 10.1 Å². The minimum absolute atomic E-state index is 0.106. The third kappa shape index (κ3) is 4.22. The summed E-state index contributed by atoms with van der Waals surface area (Å²) in [5.74, 6) is 0.610. The molecule has 1 aromatic heterocycles. The van der Waals surface area contributed by atoms with Crippen LogP contribution in [0.2, 0.25) is 0 Å². The standard InChI is InChI=1S/C19H17N3O2S/c1-13-6-7-16(10-14(13)2)18-8-9-19(21-20-18)25-12-15-4-3-5-17(11-15)22(23)24/h3-11H,12H2,1-2H3. The second-order valence-corrected chi connectivity index (χ2v) is 6.77. The Balaban J connectivity index is 1.69. The maximum atomic E-state index is 10.8. The Bertz CT molecular complexity index is 911. The Hall–Kier alpha value is -2.73. The number of aryl methyl sites for hydroxylation is 2. The first kappa shape index (κ1) is 17.1. The molecule has 0 aliphatic carbocycles. The van der Waals surface area contributed by atoms with Crippen LogP contribution < -0.4 is 0 Å². The van der Waals surface area contributed by atoms with E-state index < -0.39 is 0 Å². The summed E-state index contributed by atoms with van der Waals surface area (Å²) in [6.45, 7) is 4.16. The van der Waals surface area contributed by atoms with Crippen LogP contribution >= 0.6 is 11.8 Å². The number of thioether (sulfide) groups is 1. The molecular weight excluding hydrogens is 334 g/mol. The summed E-state index contributed by atoms with van der Waals surface area (Å²) >= 11 is 1.51. The average molecular weight is 351 g/mol. The van der Waals surface area contributed by atoms with Gasteiger partial charge in [-0.1, -0.05) is 36.0 Å². The van der Waals surface area contributed by atoms with Gasteiger partial charge in [-0.3, -0.25) is 10.1 Å². The van der Waals surface area contributed by atoms with Crippen molar-refractivity contribution in [1.82, 2.24) is 10.2 Å². The van der Waals surface area contributed by atoms with Gasteiger partial charge in [-0.15, -0.1) is 10.2 Å². The monoisotopic (exact) mass is 351 g/mol. The first-order valence-electron chi connectivity index (χ1n) is 7.80. The van der Waals surface area contributed by atoms with Gasteiger partial charge in [0.05, 0.1) is 10.6 Å². The topological polar surface area (TPSA) is 68.9 Å². The van der Waals surface area contributed by atoms with Crippen LogP contribution in [0.4, 0.5) is 5.69 Å². The van der Waals surface area contributed by atoms with E-state index in [0.717, 1.165) is 21.8 Å². The molecule has 0 spiro atoms. The molecule has 0 aliphatic rings. The van der Waals surface area contributed by atoms with Gasteiger partial charge in [0.2, 0.25) is 0 Å². The van der Waals surface area contributed by atoms with Gasteiger partial charge in [-0.25, -0.2) is 0 Å². The van der Waals surface area contributed by atoms with Crippen LogP contribution in [0.1, 0.15) is 16.7 Å².